The fourth-order valence-corrected chi connectivity index (χ4v) is 9.02. The molecule has 4 aliphatic carbocycles. The van der Waals surface area contributed by atoms with Crippen molar-refractivity contribution >= 4 is 15.9 Å². The molecular weight excluding hydrogens is 431 g/mol. The molecule has 1 aromatic rings. The molecule has 4 saturated carbocycles. The molecule has 1 saturated heterocycles. The van der Waals surface area contributed by atoms with Gasteiger partial charge in [0.25, 0.3) is 0 Å². The van der Waals surface area contributed by atoms with Gasteiger partial charge in [-0.1, -0.05) is 6.08 Å². The Morgan fingerprint density at radius 1 is 1.22 bits per heavy atom. The molecule has 1 amide bonds. The lowest BCUT2D eigenvalue weighted by atomic mass is 9.52. The van der Waals surface area contributed by atoms with Gasteiger partial charge in [-0.15, -0.1) is 6.58 Å². The van der Waals surface area contributed by atoms with Crippen LogP contribution in [-0.2, 0) is 14.8 Å². The van der Waals surface area contributed by atoms with Crippen molar-refractivity contribution in [3.63, 3.8) is 0 Å². The minimum atomic E-state index is -3.98. The highest BCUT2D eigenvalue weighted by atomic mass is 32.2. The minimum Gasteiger partial charge on any atom is -0.390 e. The quantitative estimate of drug-likeness (QED) is 0.637. The van der Waals surface area contributed by atoms with Crippen LogP contribution in [0.4, 0.5) is 4.39 Å². The number of carbonyl (C=O) groups is 1. The molecule has 2 unspecified atom stereocenters. The zero-order valence-corrected chi connectivity index (χ0v) is 19.0. The second-order valence-electron chi connectivity index (χ2n) is 10.4. The van der Waals surface area contributed by atoms with E-state index in [-0.39, 0.29) is 41.6 Å². The smallest absolute Gasteiger partial charge is 0.244 e. The second kappa shape index (κ2) is 7.64. The van der Waals surface area contributed by atoms with Crippen LogP contribution in [0, 0.1) is 23.6 Å². The van der Waals surface area contributed by atoms with E-state index in [1.165, 1.54) is 16.4 Å². The number of hydrogen-bond donors (Lipinski definition) is 2. The number of sulfonamides is 1. The van der Waals surface area contributed by atoms with Gasteiger partial charge in [-0.05, 0) is 93.4 Å². The monoisotopic (exact) mass is 462 g/mol. The van der Waals surface area contributed by atoms with E-state index in [2.05, 4.69) is 11.9 Å². The third-order valence-corrected chi connectivity index (χ3v) is 10.3. The van der Waals surface area contributed by atoms with Gasteiger partial charge in [0.15, 0.2) is 0 Å². The molecule has 4 bridgehead atoms. The molecule has 1 heterocycles. The average molecular weight is 463 g/mol. The number of hydrogen-bond acceptors (Lipinski definition) is 4. The SMILES string of the molecule is C=CC[C@]1(C(=O)NC2C3CC4CC2CC(O)(C4)C3)CCCN1S(=O)(=O)c1ccc(F)cc1. The fraction of sp³-hybridized carbons (Fsp3) is 0.625. The standard InChI is InChI=1S/C24H31FN2O4S/c1-2-8-24(9-3-10-27(24)32(30,31)20-6-4-19(25)5-7-20)22(28)26-21-17-11-16-12-18(21)15-23(29,13-16)14-17/h2,4-7,16-18,21,29H,1,3,8-15H2,(H,26,28)/t16?,17?,18?,21?,23?,24-/m1/s1. The largest absolute Gasteiger partial charge is 0.390 e. The van der Waals surface area contributed by atoms with Crippen molar-refractivity contribution in [3.05, 3.63) is 42.7 Å². The summed E-state index contributed by atoms with van der Waals surface area (Å²) in [4.78, 5) is 13.8. The highest BCUT2D eigenvalue weighted by Crippen LogP contribution is 2.56. The van der Waals surface area contributed by atoms with Crippen LogP contribution in [0.25, 0.3) is 0 Å². The van der Waals surface area contributed by atoms with Gasteiger partial charge >= 0.3 is 0 Å². The first-order valence-corrected chi connectivity index (χ1v) is 13.0. The molecule has 2 N–H and O–H groups in total. The topological polar surface area (TPSA) is 86.7 Å². The van der Waals surface area contributed by atoms with Crippen molar-refractivity contribution in [1.82, 2.24) is 9.62 Å². The predicted octanol–water partition coefficient (Wildman–Crippen LogP) is 2.98. The van der Waals surface area contributed by atoms with Gasteiger partial charge in [0.05, 0.1) is 10.5 Å². The van der Waals surface area contributed by atoms with E-state index in [0.29, 0.717) is 31.6 Å². The summed E-state index contributed by atoms with van der Waals surface area (Å²) < 4.78 is 41.6. The van der Waals surface area contributed by atoms with Crippen molar-refractivity contribution in [3.8, 4) is 0 Å². The summed E-state index contributed by atoms with van der Waals surface area (Å²) in [5, 5.41) is 14.1. The van der Waals surface area contributed by atoms with E-state index in [0.717, 1.165) is 31.4 Å². The normalized spacial score (nSPS) is 38.7. The molecule has 32 heavy (non-hydrogen) atoms. The number of rotatable bonds is 6. The van der Waals surface area contributed by atoms with Crippen LogP contribution >= 0.6 is 0 Å². The van der Waals surface area contributed by atoms with Crippen LogP contribution in [0.5, 0.6) is 0 Å². The number of carbonyl (C=O) groups excluding carboxylic acids is 1. The summed E-state index contributed by atoms with van der Waals surface area (Å²) in [5.74, 6) is 0.211. The first-order valence-electron chi connectivity index (χ1n) is 11.6. The lowest BCUT2D eigenvalue weighted by molar-refractivity contribution is -0.150. The average Bonchev–Trinajstić information content (AvgIpc) is 3.16. The third-order valence-electron chi connectivity index (χ3n) is 8.27. The van der Waals surface area contributed by atoms with Gasteiger partial charge in [0, 0.05) is 12.6 Å². The molecule has 0 aromatic heterocycles. The Morgan fingerprint density at radius 2 is 1.88 bits per heavy atom. The predicted molar refractivity (Wildman–Crippen MR) is 118 cm³/mol. The molecular formula is C24H31FN2O4S. The Morgan fingerprint density at radius 3 is 2.47 bits per heavy atom. The molecule has 6 rings (SSSR count). The Bertz CT molecular complexity index is 1010. The first-order chi connectivity index (χ1) is 15.2. The summed E-state index contributed by atoms with van der Waals surface area (Å²) in [7, 11) is -3.98. The lowest BCUT2D eigenvalue weighted by Gasteiger charge is -2.58. The van der Waals surface area contributed by atoms with Gasteiger partial charge in [-0.25, -0.2) is 12.8 Å². The maximum atomic E-state index is 13.8. The molecule has 0 spiro atoms. The van der Waals surface area contributed by atoms with Crippen LogP contribution in [0.3, 0.4) is 0 Å². The molecule has 3 atom stereocenters. The molecule has 0 radical (unpaired) electrons. The van der Waals surface area contributed by atoms with E-state index in [4.69, 9.17) is 0 Å². The van der Waals surface area contributed by atoms with E-state index < -0.39 is 27.0 Å². The van der Waals surface area contributed by atoms with Crippen molar-refractivity contribution in [2.75, 3.05) is 6.54 Å². The van der Waals surface area contributed by atoms with Gasteiger partial charge in [-0.2, -0.15) is 4.31 Å². The minimum absolute atomic E-state index is 0.0149. The fourth-order valence-electron chi connectivity index (χ4n) is 7.20. The van der Waals surface area contributed by atoms with Crippen LogP contribution in [0.15, 0.2) is 41.8 Å². The van der Waals surface area contributed by atoms with Crippen molar-refractivity contribution in [1.29, 1.82) is 0 Å². The number of nitrogens with zero attached hydrogens (tertiary/aromatic N) is 1. The third kappa shape index (κ3) is 3.42. The summed E-state index contributed by atoms with van der Waals surface area (Å²) in [5.41, 5.74) is -1.83. The Kier molecular flexibility index (Phi) is 5.26. The number of amides is 1. The molecule has 8 heteroatoms. The zero-order valence-electron chi connectivity index (χ0n) is 18.2. The van der Waals surface area contributed by atoms with Crippen molar-refractivity contribution in [2.24, 2.45) is 17.8 Å². The van der Waals surface area contributed by atoms with E-state index >= 15 is 0 Å². The summed E-state index contributed by atoms with van der Waals surface area (Å²) in [6.07, 6.45) is 7.11. The van der Waals surface area contributed by atoms with E-state index in [1.54, 1.807) is 6.08 Å². The molecule has 174 valence electrons. The Hall–Kier alpha value is -1.77. The van der Waals surface area contributed by atoms with Crippen LogP contribution in [0.1, 0.15) is 51.4 Å². The molecule has 1 aromatic carbocycles. The van der Waals surface area contributed by atoms with Crippen molar-refractivity contribution < 1.29 is 22.7 Å². The van der Waals surface area contributed by atoms with Crippen LogP contribution in [0.2, 0.25) is 0 Å². The summed E-state index contributed by atoms with van der Waals surface area (Å²) >= 11 is 0. The second-order valence-corrected chi connectivity index (χ2v) is 12.2. The number of aliphatic hydroxyl groups is 1. The number of benzene rings is 1. The zero-order chi connectivity index (χ0) is 22.7. The van der Waals surface area contributed by atoms with E-state index in [1.807, 2.05) is 0 Å². The Balaban J connectivity index is 1.43. The number of halogens is 1. The summed E-state index contributed by atoms with van der Waals surface area (Å²) in [6, 6.07) is 4.71. The van der Waals surface area contributed by atoms with Gasteiger partial charge in [0.2, 0.25) is 15.9 Å². The van der Waals surface area contributed by atoms with Gasteiger partial charge in [0.1, 0.15) is 11.4 Å². The molecule has 5 fully saturated rings. The van der Waals surface area contributed by atoms with Crippen LogP contribution < -0.4 is 5.32 Å². The van der Waals surface area contributed by atoms with Gasteiger partial charge < -0.3 is 10.4 Å². The summed E-state index contributed by atoms with van der Waals surface area (Å²) in [6.45, 7) is 4.03. The highest BCUT2D eigenvalue weighted by molar-refractivity contribution is 7.89. The maximum absolute atomic E-state index is 13.8. The van der Waals surface area contributed by atoms with Crippen molar-refractivity contribution in [2.45, 2.75) is 73.4 Å². The molecule has 6 nitrogen and oxygen atoms in total. The number of nitrogens with one attached hydrogen (secondary N) is 1. The highest BCUT2D eigenvalue weighted by Gasteiger charge is 2.57. The Labute approximate surface area is 188 Å². The molecule has 5 aliphatic rings. The van der Waals surface area contributed by atoms with E-state index in [9.17, 15) is 22.7 Å². The molecule has 1 aliphatic heterocycles. The van der Waals surface area contributed by atoms with Gasteiger partial charge in [-0.3, -0.25) is 4.79 Å². The first kappa shape index (κ1) is 22.0. The maximum Gasteiger partial charge on any atom is 0.244 e. The van der Waals surface area contributed by atoms with Crippen LogP contribution in [-0.4, -0.2) is 47.5 Å². The lowest BCUT2D eigenvalue weighted by Crippen LogP contribution is -2.65.